The quantitative estimate of drug-likeness (QED) is 0.266. The van der Waals surface area contributed by atoms with E-state index in [9.17, 15) is 24.3 Å². The first-order chi connectivity index (χ1) is 20.9. The molecule has 2 fully saturated rings. The summed E-state index contributed by atoms with van der Waals surface area (Å²) in [4.78, 5) is 60.1. The highest BCUT2D eigenvalue weighted by Crippen LogP contribution is 2.27. The number of aliphatic hydroxyl groups is 1. The maximum atomic E-state index is 14.1. The molecule has 0 saturated carbocycles. The third-order valence-electron chi connectivity index (χ3n) is 9.28. The first-order valence-electron chi connectivity index (χ1n) is 17.1. The number of hydrogen-bond acceptors (Lipinski definition) is 6. The van der Waals surface area contributed by atoms with Gasteiger partial charge in [-0.1, -0.05) is 61.0 Å². The molecule has 0 aromatic heterocycles. The fourth-order valence-corrected chi connectivity index (χ4v) is 6.72. The Morgan fingerprint density at radius 2 is 1.51 bits per heavy atom. The van der Waals surface area contributed by atoms with Crippen molar-refractivity contribution in [2.24, 2.45) is 17.3 Å². The van der Waals surface area contributed by atoms with Crippen molar-refractivity contribution >= 4 is 23.6 Å². The summed E-state index contributed by atoms with van der Waals surface area (Å²) in [6, 6.07) is -2.10. The van der Waals surface area contributed by atoms with E-state index in [0.29, 0.717) is 30.9 Å². The molecule has 3 N–H and O–H groups in total. The van der Waals surface area contributed by atoms with Crippen LogP contribution in [0.3, 0.4) is 0 Å². The number of likely N-dealkylation sites (N-methyl/N-ethyl adjacent to an activating group) is 1. The lowest BCUT2D eigenvalue weighted by Gasteiger charge is -2.41. The van der Waals surface area contributed by atoms with Crippen molar-refractivity contribution in [1.82, 2.24) is 25.3 Å². The number of nitrogens with one attached hydrogen (secondary N) is 2. The van der Waals surface area contributed by atoms with Crippen LogP contribution in [0, 0.1) is 17.3 Å². The van der Waals surface area contributed by atoms with Gasteiger partial charge in [-0.25, -0.2) is 0 Å². The zero-order valence-electron chi connectivity index (χ0n) is 30.0. The number of aliphatic hydroxyl groups excluding tert-OH is 1. The van der Waals surface area contributed by atoms with Crippen LogP contribution in [0.5, 0.6) is 0 Å². The minimum Gasteiger partial charge on any atom is -0.394 e. The summed E-state index contributed by atoms with van der Waals surface area (Å²) in [6.45, 7) is 21.1. The minimum atomic E-state index is -0.742. The monoisotopic (exact) mass is 633 g/mol. The van der Waals surface area contributed by atoms with E-state index in [0.717, 1.165) is 32.2 Å². The predicted octanol–water partition coefficient (Wildman–Crippen LogP) is 3.72. The fraction of sp³-hybridized carbons (Fsp3) is 0.829. The van der Waals surface area contributed by atoms with Crippen LogP contribution in [-0.4, -0.2) is 106 Å². The SMILES string of the molecule is C/C(=C\[C@H](C(C)C)N(C)C(=O)C(NC(=O)C1CCCCN1C(C)C)C(C)(C)C)C(=O)N1CCC[C@H]1C(=O)N[C@@H](CO)CC(C)C. The lowest BCUT2D eigenvalue weighted by Crippen LogP contribution is -2.60. The average Bonchev–Trinajstić information content (AvgIpc) is 3.46. The van der Waals surface area contributed by atoms with Gasteiger partial charge in [0.15, 0.2) is 0 Å². The summed E-state index contributed by atoms with van der Waals surface area (Å²) in [6.07, 6.45) is 6.61. The van der Waals surface area contributed by atoms with Crippen molar-refractivity contribution in [3.05, 3.63) is 11.6 Å². The number of amides is 4. The van der Waals surface area contributed by atoms with Crippen LogP contribution < -0.4 is 10.6 Å². The highest BCUT2D eigenvalue weighted by Gasteiger charge is 2.40. The summed E-state index contributed by atoms with van der Waals surface area (Å²) in [5, 5.41) is 15.8. The van der Waals surface area contributed by atoms with Gasteiger partial charge in [-0.2, -0.15) is 0 Å². The van der Waals surface area contributed by atoms with Crippen LogP contribution in [0.15, 0.2) is 11.6 Å². The molecule has 0 aromatic rings. The summed E-state index contributed by atoms with van der Waals surface area (Å²) in [7, 11) is 1.74. The third kappa shape index (κ3) is 10.5. The van der Waals surface area contributed by atoms with Gasteiger partial charge in [0.2, 0.25) is 23.6 Å². The molecule has 10 heteroatoms. The van der Waals surface area contributed by atoms with Crippen molar-refractivity contribution < 1.29 is 24.3 Å². The molecule has 0 bridgehead atoms. The molecule has 258 valence electrons. The Bertz CT molecular complexity index is 1050. The van der Waals surface area contributed by atoms with E-state index in [-0.39, 0.29) is 54.3 Å². The number of likely N-dealkylation sites (tertiary alicyclic amines) is 2. The van der Waals surface area contributed by atoms with Crippen LogP contribution in [0.2, 0.25) is 0 Å². The van der Waals surface area contributed by atoms with Crippen LogP contribution in [0.4, 0.5) is 0 Å². The standard InChI is InChI=1S/C35H63N5O5/c1-22(2)19-26(21-41)36-31(42)28-16-14-18-40(28)33(44)25(7)20-29(23(3)4)38(11)34(45)30(35(8,9)10)37-32(43)27-15-12-13-17-39(27)24(5)6/h20,22-24,26-30,41H,12-19,21H2,1-11H3,(H,36,42)(H,37,43)/b25-20+/t26-,27?,28+,29-,30?/m1/s1. The minimum absolute atomic E-state index is 0.00758. The molecular formula is C35H63N5O5. The van der Waals surface area contributed by atoms with E-state index >= 15 is 0 Å². The molecule has 2 saturated heterocycles. The molecule has 0 spiro atoms. The number of hydrogen-bond donors (Lipinski definition) is 3. The van der Waals surface area contributed by atoms with Crippen LogP contribution in [0.1, 0.15) is 108 Å². The van der Waals surface area contributed by atoms with E-state index in [1.807, 2.05) is 54.5 Å². The molecule has 10 nitrogen and oxygen atoms in total. The molecular weight excluding hydrogens is 570 g/mol. The summed E-state index contributed by atoms with van der Waals surface area (Å²) in [5.74, 6) is -0.462. The van der Waals surface area contributed by atoms with Crippen molar-refractivity contribution in [3.8, 4) is 0 Å². The van der Waals surface area contributed by atoms with Gasteiger partial charge in [0.05, 0.1) is 24.7 Å². The molecule has 2 unspecified atom stereocenters. The fourth-order valence-electron chi connectivity index (χ4n) is 6.72. The first kappa shape index (κ1) is 38.7. The smallest absolute Gasteiger partial charge is 0.249 e. The second kappa shape index (κ2) is 16.9. The molecule has 5 atom stereocenters. The van der Waals surface area contributed by atoms with E-state index in [2.05, 4.69) is 29.4 Å². The maximum absolute atomic E-state index is 14.1. The molecule has 0 aliphatic carbocycles. The second-order valence-corrected chi connectivity index (χ2v) is 15.4. The first-order valence-corrected chi connectivity index (χ1v) is 17.1. The molecule has 2 aliphatic heterocycles. The van der Waals surface area contributed by atoms with E-state index < -0.39 is 23.5 Å². The van der Waals surface area contributed by atoms with Gasteiger partial charge < -0.3 is 25.5 Å². The highest BCUT2D eigenvalue weighted by molar-refractivity contribution is 5.97. The number of rotatable bonds is 13. The topological polar surface area (TPSA) is 122 Å². The van der Waals surface area contributed by atoms with E-state index in [1.54, 1.807) is 23.8 Å². The highest BCUT2D eigenvalue weighted by atomic mass is 16.3. The van der Waals surface area contributed by atoms with Crippen molar-refractivity contribution in [2.75, 3.05) is 26.7 Å². The number of piperidine rings is 1. The maximum Gasteiger partial charge on any atom is 0.249 e. The van der Waals surface area contributed by atoms with E-state index in [4.69, 9.17) is 0 Å². The van der Waals surface area contributed by atoms with Crippen molar-refractivity contribution in [2.45, 2.75) is 144 Å². The van der Waals surface area contributed by atoms with Gasteiger partial charge in [0.25, 0.3) is 0 Å². The molecule has 45 heavy (non-hydrogen) atoms. The third-order valence-corrected chi connectivity index (χ3v) is 9.28. The predicted molar refractivity (Wildman–Crippen MR) is 179 cm³/mol. The molecule has 2 rings (SSSR count). The largest absolute Gasteiger partial charge is 0.394 e. The molecule has 4 amide bonds. The number of carbonyl (C=O) groups is 4. The lowest BCUT2D eigenvalue weighted by molar-refractivity contribution is -0.142. The van der Waals surface area contributed by atoms with Gasteiger partial charge in [0.1, 0.15) is 12.1 Å². The van der Waals surface area contributed by atoms with E-state index in [1.165, 1.54) is 0 Å². The normalized spacial score (nSPS) is 22.0. The summed E-state index contributed by atoms with van der Waals surface area (Å²) in [5.41, 5.74) is -0.0629. The molecule has 2 aliphatic rings. The van der Waals surface area contributed by atoms with Gasteiger partial charge >= 0.3 is 0 Å². The zero-order chi connectivity index (χ0) is 34.2. The Kier molecular flexibility index (Phi) is 14.6. The average molecular weight is 634 g/mol. The Labute approximate surface area is 272 Å². The van der Waals surface area contributed by atoms with Crippen molar-refractivity contribution in [1.29, 1.82) is 0 Å². The van der Waals surface area contributed by atoms with Gasteiger partial charge in [-0.05, 0) is 76.7 Å². The molecule has 2 heterocycles. The Hall–Kier alpha value is -2.46. The molecule has 0 aromatic carbocycles. The van der Waals surface area contributed by atoms with Gasteiger partial charge in [-0.3, -0.25) is 24.1 Å². The van der Waals surface area contributed by atoms with Crippen LogP contribution >= 0.6 is 0 Å². The Morgan fingerprint density at radius 3 is 2.04 bits per heavy atom. The van der Waals surface area contributed by atoms with Gasteiger partial charge in [-0.15, -0.1) is 0 Å². The Balaban J connectivity index is 2.25. The Morgan fingerprint density at radius 1 is 0.911 bits per heavy atom. The lowest BCUT2D eigenvalue weighted by atomic mass is 9.84. The van der Waals surface area contributed by atoms with Crippen LogP contribution in [-0.2, 0) is 19.2 Å². The molecule has 0 radical (unpaired) electrons. The van der Waals surface area contributed by atoms with Gasteiger partial charge in [0, 0.05) is 25.2 Å². The zero-order valence-corrected chi connectivity index (χ0v) is 30.0. The summed E-state index contributed by atoms with van der Waals surface area (Å²) >= 11 is 0. The summed E-state index contributed by atoms with van der Waals surface area (Å²) < 4.78 is 0. The van der Waals surface area contributed by atoms with Crippen molar-refractivity contribution in [3.63, 3.8) is 0 Å². The second-order valence-electron chi connectivity index (χ2n) is 15.4. The number of carbonyl (C=O) groups excluding carboxylic acids is 4. The number of nitrogens with zero attached hydrogens (tertiary/aromatic N) is 3. The van der Waals surface area contributed by atoms with Crippen LogP contribution in [0.25, 0.3) is 0 Å².